The molecule has 3 saturated heterocycles. The van der Waals surface area contributed by atoms with Crippen molar-refractivity contribution in [3.63, 3.8) is 0 Å². The van der Waals surface area contributed by atoms with Gasteiger partial charge in [0.2, 0.25) is 0 Å². The first-order valence-electron chi connectivity index (χ1n) is 7.37. The van der Waals surface area contributed by atoms with Crippen molar-refractivity contribution in [2.75, 3.05) is 46.4 Å². The van der Waals surface area contributed by atoms with Gasteiger partial charge >= 0.3 is 7.25 Å². The van der Waals surface area contributed by atoms with Crippen LogP contribution >= 0.6 is 0 Å². The molecule has 2 bridgehead atoms. The van der Waals surface area contributed by atoms with E-state index in [-0.39, 0.29) is 0 Å². The van der Waals surface area contributed by atoms with Gasteiger partial charge in [0.05, 0.1) is 26.7 Å². The van der Waals surface area contributed by atoms with E-state index in [1.165, 1.54) is 55.9 Å². The Bertz CT molecular complexity index is 453. The topological polar surface area (TPSA) is 12.5 Å². The number of quaternary nitrogens is 1. The van der Waals surface area contributed by atoms with Gasteiger partial charge in [0.15, 0.2) is 0 Å². The Morgan fingerprint density at radius 2 is 1.45 bits per heavy atom. The number of benzene rings is 1. The predicted molar refractivity (Wildman–Crippen MR) is 78.2 cm³/mol. The van der Waals surface area contributed by atoms with Crippen LogP contribution in [-0.4, -0.2) is 63.0 Å². The highest BCUT2D eigenvalue weighted by molar-refractivity contribution is 6.50. The van der Waals surface area contributed by atoms with E-state index in [2.05, 4.69) is 29.2 Å². The Morgan fingerprint density at radius 1 is 1.00 bits per heavy atom. The van der Waals surface area contributed by atoms with Crippen molar-refractivity contribution in [1.82, 2.24) is 4.90 Å². The molecule has 3 nitrogen and oxygen atoms in total. The summed E-state index contributed by atoms with van der Waals surface area (Å²) in [7, 11) is -4.28. The maximum atomic E-state index is 9.75. The third-order valence-electron chi connectivity index (χ3n) is 4.35. The maximum absolute atomic E-state index is 9.75. The molecule has 0 radical (unpaired) electrons. The van der Waals surface area contributed by atoms with Crippen molar-refractivity contribution >= 4 is 7.25 Å². The Hall–Kier alpha value is -1.28. The minimum absolute atomic E-state index is 0.956. The van der Waals surface area contributed by atoms with Crippen molar-refractivity contribution in [2.45, 2.75) is 6.54 Å². The lowest BCUT2D eigenvalue weighted by atomic mass is 10.1. The third kappa shape index (κ3) is 5.17. The van der Waals surface area contributed by atoms with Gasteiger partial charge in [0.25, 0.3) is 0 Å². The average Bonchev–Trinajstić information content (AvgIpc) is 2.48. The molecule has 3 fully saturated rings. The molecule has 0 spiro atoms. The molecule has 3 aliphatic rings. The molecule has 8 heteroatoms. The van der Waals surface area contributed by atoms with E-state index in [1.54, 1.807) is 7.11 Å². The number of fused-ring (bicyclic) bond motifs is 3. The van der Waals surface area contributed by atoms with Crippen LogP contribution in [0.25, 0.3) is 0 Å². The van der Waals surface area contributed by atoms with Gasteiger partial charge in [0, 0.05) is 25.2 Å². The van der Waals surface area contributed by atoms with Crippen molar-refractivity contribution in [2.24, 2.45) is 0 Å². The van der Waals surface area contributed by atoms with Crippen molar-refractivity contribution < 1.29 is 26.5 Å². The van der Waals surface area contributed by atoms with Gasteiger partial charge in [-0.1, -0.05) is 0 Å². The molecule has 0 saturated carbocycles. The second-order valence-corrected chi connectivity index (χ2v) is 5.86. The molecule has 0 N–H and O–H groups in total. The molecule has 4 rings (SSSR count). The quantitative estimate of drug-likeness (QED) is 0.482. The summed E-state index contributed by atoms with van der Waals surface area (Å²) >= 11 is 0. The number of piperazine rings is 3. The van der Waals surface area contributed by atoms with Crippen molar-refractivity contribution in [3.05, 3.63) is 29.8 Å². The van der Waals surface area contributed by atoms with Crippen LogP contribution in [0.5, 0.6) is 5.75 Å². The molecule has 1 aromatic rings. The number of hydrogen-bond acceptors (Lipinski definition) is 2. The summed E-state index contributed by atoms with van der Waals surface area (Å²) in [6.45, 7) is 9.03. The zero-order valence-corrected chi connectivity index (χ0v) is 12.7. The molecule has 0 unspecified atom stereocenters. The lowest BCUT2D eigenvalue weighted by molar-refractivity contribution is -0.953. The van der Waals surface area contributed by atoms with Crippen LogP contribution in [0.15, 0.2) is 24.3 Å². The highest BCUT2D eigenvalue weighted by Gasteiger charge is 2.38. The summed E-state index contributed by atoms with van der Waals surface area (Å²) in [6, 6.07) is 8.58. The molecule has 124 valence electrons. The number of nitrogens with zero attached hydrogens (tertiary/aromatic N) is 2. The van der Waals surface area contributed by atoms with E-state index in [9.17, 15) is 17.3 Å². The first kappa shape index (κ1) is 17.1. The monoisotopic (exact) mass is 320 g/mol. The minimum atomic E-state index is -6.00. The molecule has 0 atom stereocenters. The van der Waals surface area contributed by atoms with Gasteiger partial charge in [-0.25, -0.2) is 0 Å². The Labute approximate surface area is 128 Å². The van der Waals surface area contributed by atoms with Crippen LogP contribution in [0.4, 0.5) is 17.3 Å². The number of ether oxygens (including phenoxy) is 1. The van der Waals surface area contributed by atoms with Crippen LogP contribution in [-0.2, 0) is 6.54 Å². The van der Waals surface area contributed by atoms with E-state index >= 15 is 0 Å². The second-order valence-electron chi connectivity index (χ2n) is 5.86. The van der Waals surface area contributed by atoms with Crippen LogP contribution in [0.3, 0.4) is 0 Å². The summed E-state index contributed by atoms with van der Waals surface area (Å²) in [5.74, 6) is 0.956. The highest BCUT2D eigenvalue weighted by atomic mass is 19.5. The summed E-state index contributed by atoms with van der Waals surface area (Å²) in [5.41, 5.74) is 1.45. The van der Waals surface area contributed by atoms with Crippen molar-refractivity contribution in [3.8, 4) is 5.75 Å². The lowest BCUT2D eigenvalue weighted by Gasteiger charge is -2.50. The van der Waals surface area contributed by atoms with Crippen molar-refractivity contribution in [1.29, 1.82) is 0 Å². The van der Waals surface area contributed by atoms with Gasteiger partial charge in [-0.15, -0.1) is 0 Å². The van der Waals surface area contributed by atoms with E-state index in [0.717, 1.165) is 5.75 Å². The maximum Gasteiger partial charge on any atom is 0.673 e. The first-order chi connectivity index (χ1) is 10.3. The summed E-state index contributed by atoms with van der Waals surface area (Å²) in [5, 5.41) is 0. The van der Waals surface area contributed by atoms with Gasteiger partial charge < -0.3 is 26.5 Å². The minimum Gasteiger partial charge on any atom is -0.497 e. The molecule has 0 aliphatic carbocycles. The molecule has 1 aromatic carbocycles. The third-order valence-corrected chi connectivity index (χ3v) is 4.35. The Kier molecular flexibility index (Phi) is 5.34. The molecule has 0 amide bonds. The summed E-state index contributed by atoms with van der Waals surface area (Å²) in [4.78, 5) is 2.59. The average molecular weight is 320 g/mol. The molecular weight excluding hydrogens is 299 g/mol. The Morgan fingerprint density at radius 3 is 1.86 bits per heavy atom. The van der Waals surface area contributed by atoms with Crippen LogP contribution in [0.1, 0.15) is 5.56 Å². The van der Waals surface area contributed by atoms with Crippen LogP contribution in [0, 0.1) is 0 Å². The smallest absolute Gasteiger partial charge is 0.497 e. The SMILES string of the molecule is COc1ccc(C[N+]23CCN(CC2)CC3)cc1.F[B-](F)(F)F. The fourth-order valence-electron chi connectivity index (χ4n) is 3.09. The fourth-order valence-corrected chi connectivity index (χ4v) is 3.09. The van der Waals surface area contributed by atoms with Gasteiger partial charge in [-0.3, -0.25) is 4.90 Å². The Balaban J connectivity index is 0.000000309. The summed E-state index contributed by atoms with van der Waals surface area (Å²) < 4.78 is 45.5. The normalized spacial score (nSPS) is 27.0. The van der Waals surface area contributed by atoms with E-state index < -0.39 is 7.25 Å². The molecule has 22 heavy (non-hydrogen) atoms. The van der Waals surface area contributed by atoms with Gasteiger partial charge in [-0.05, 0) is 24.3 Å². The zero-order chi connectivity index (χ0) is 16.2. The van der Waals surface area contributed by atoms with Crippen LogP contribution in [0.2, 0.25) is 0 Å². The first-order valence-corrected chi connectivity index (χ1v) is 7.37. The van der Waals surface area contributed by atoms with E-state index in [4.69, 9.17) is 4.74 Å². The number of hydrogen-bond donors (Lipinski definition) is 0. The van der Waals surface area contributed by atoms with E-state index in [0.29, 0.717) is 0 Å². The fraction of sp³-hybridized carbons (Fsp3) is 0.571. The molecule has 0 aromatic heterocycles. The number of methoxy groups -OCH3 is 1. The zero-order valence-electron chi connectivity index (χ0n) is 12.7. The standard InChI is InChI=1S/C14H21N2O.BF4/c1-17-14-4-2-13(3-5-14)12-16-9-6-15(7-10-16)8-11-16;2-1(3,4)5/h2-5H,6-12H2,1H3;/q+1;-1. The molecule has 3 heterocycles. The van der Waals surface area contributed by atoms with Gasteiger partial charge in [0.1, 0.15) is 12.3 Å². The highest BCUT2D eigenvalue weighted by Crippen LogP contribution is 2.24. The summed E-state index contributed by atoms with van der Waals surface area (Å²) in [6.07, 6.45) is 0. The van der Waals surface area contributed by atoms with Gasteiger partial charge in [-0.2, -0.15) is 0 Å². The second kappa shape index (κ2) is 6.87. The predicted octanol–water partition coefficient (Wildman–Crippen LogP) is 2.64. The lowest BCUT2D eigenvalue weighted by Crippen LogP contribution is -2.66. The number of halogens is 4. The largest absolute Gasteiger partial charge is 0.673 e. The van der Waals surface area contributed by atoms with Crippen LogP contribution < -0.4 is 4.74 Å². The van der Waals surface area contributed by atoms with E-state index in [1.807, 2.05) is 0 Å². The number of rotatable bonds is 3. The molecule has 3 aliphatic heterocycles. The molecular formula is C14H21BF4N2O.